The largest absolute Gasteiger partial charge is 0.481 e. The van der Waals surface area contributed by atoms with Gasteiger partial charge in [0.1, 0.15) is 5.92 Å². The van der Waals surface area contributed by atoms with Crippen molar-refractivity contribution < 1.29 is 19.4 Å². The molecule has 0 bridgehead atoms. The van der Waals surface area contributed by atoms with Crippen LogP contribution in [-0.2, 0) is 9.53 Å². The predicted molar refractivity (Wildman–Crippen MR) is 71.0 cm³/mol. The maximum Gasteiger partial charge on any atom is 0.320 e. The highest BCUT2D eigenvalue weighted by Crippen LogP contribution is 2.20. The van der Waals surface area contributed by atoms with Crippen molar-refractivity contribution in [3.8, 4) is 0 Å². The van der Waals surface area contributed by atoms with Crippen LogP contribution in [0.4, 0.5) is 4.79 Å². The minimum absolute atomic E-state index is 0.144. The molecule has 1 saturated heterocycles. The summed E-state index contributed by atoms with van der Waals surface area (Å²) in [4.78, 5) is 26.6. The van der Waals surface area contributed by atoms with Gasteiger partial charge in [-0.05, 0) is 13.3 Å². The quantitative estimate of drug-likeness (QED) is 0.818. The SMILES string of the molecule is CCCC(C)N(C)C(=O)N(C)C1COCC1C(=O)O. The lowest BCUT2D eigenvalue weighted by Gasteiger charge is -2.33. The number of rotatable bonds is 5. The van der Waals surface area contributed by atoms with Crippen LogP contribution in [-0.4, -0.2) is 66.3 Å². The number of carbonyl (C=O) groups is 2. The first-order valence-electron chi connectivity index (χ1n) is 6.70. The molecule has 0 aromatic rings. The number of hydrogen-bond donors (Lipinski definition) is 1. The summed E-state index contributed by atoms with van der Waals surface area (Å²) in [7, 11) is 3.40. The van der Waals surface area contributed by atoms with Gasteiger partial charge < -0.3 is 19.6 Å². The number of hydrogen-bond acceptors (Lipinski definition) is 3. The number of carboxylic acid groups (broad SMARTS) is 1. The van der Waals surface area contributed by atoms with Gasteiger partial charge in [-0.15, -0.1) is 0 Å². The lowest BCUT2D eigenvalue weighted by atomic mass is 10.0. The Morgan fingerprint density at radius 2 is 2.00 bits per heavy atom. The van der Waals surface area contributed by atoms with Gasteiger partial charge in [-0.2, -0.15) is 0 Å². The van der Waals surface area contributed by atoms with Crippen molar-refractivity contribution in [2.45, 2.75) is 38.8 Å². The van der Waals surface area contributed by atoms with Crippen molar-refractivity contribution in [1.82, 2.24) is 9.80 Å². The van der Waals surface area contributed by atoms with Gasteiger partial charge in [0.25, 0.3) is 0 Å². The van der Waals surface area contributed by atoms with Gasteiger partial charge in [0.2, 0.25) is 0 Å². The van der Waals surface area contributed by atoms with Crippen LogP contribution in [0.25, 0.3) is 0 Å². The lowest BCUT2D eigenvalue weighted by Crippen LogP contribution is -2.50. The van der Waals surface area contributed by atoms with Crippen LogP contribution in [0.15, 0.2) is 0 Å². The van der Waals surface area contributed by atoms with Gasteiger partial charge in [-0.3, -0.25) is 4.79 Å². The van der Waals surface area contributed by atoms with Crippen molar-refractivity contribution in [1.29, 1.82) is 0 Å². The first-order valence-corrected chi connectivity index (χ1v) is 6.70. The van der Waals surface area contributed by atoms with Gasteiger partial charge in [-0.1, -0.05) is 13.3 Å². The summed E-state index contributed by atoms with van der Waals surface area (Å²) < 4.78 is 5.20. The maximum atomic E-state index is 12.3. The van der Waals surface area contributed by atoms with Crippen LogP contribution in [0.2, 0.25) is 0 Å². The molecule has 0 spiro atoms. The van der Waals surface area contributed by atoms with E-state index in [1.165, 1.54) is 4.90 Å². The third kappa shape index (κ3) is 3.59. The Balaban J connectivity index is 2.68. The number of ether oxygens (including phenoxy) is 1. The Labute approximate surface area is 114 Å². The Hall–Kier alpha value is -1.30. The smallest absolute Gasteiger partial charge is 0.320 e. The molecule has 0 radical (unpaired) electrons. The zero-order valence-electron chi connectivity index (χ0n) is 12.1. The van der Waals surface area contributed by atoms with Gasteiger partial charge in [0.05, 0.1) is 19.3 Å². The number of amides is 2. The Morgan fingerprint density at radius 3 is 2.53 bits per heavy atom. The predicted octanol–water partition coefficient (Wildman–Crippen LogP) is 1.26. The number of urea groups is 1. The topological polar surface area (TPSA) is 70.1 Å². The van der Waals surface area contributed by atoms with Crippen LogP contribution in [0.1, 0.15) is 26.7 Å². The van der Waals surface area contributed by atoms with Crippen molar-refractivity contribution in [2.75, 3.05) is 27.3 Å². The molecule has 1 N–H and O–H groups in total. The molecule has 2 amide bonds. The van der Waals surface area contributed by atoms with Crippen molar-refractivity contribution in [3.63, 3.8) is 0 Å². The highest BCUT2D eigenvalue weighted by molar-refractivity contribution is 5.77. The molecule has 3 unspecified atom stereocenters. The summed E-state index contributed by atoms with van der Waals surface area (Å²) in [6.07, 6.45) is 1.94. The summed E-state index contributed by atoms with van der Waals surface area (Å²) in [5.74, 6) is -1.55. The molecule has 3 atom stereocenters. The molecule has 19 heavy (non-hydrogen) atoms. The third-order valence-corrected chi connectivity index (χ3v) is 3.84. The number of aliphatic carboxylic acids is 1. The van der Waals surface area contributed by atoms with E-state index in [1.54, 1.807) is 19.0 Å². The molecular formula is C13H24N2O4. The summed E-state index contributed by atoms with van der Waals surface area (Å²) >= 11 is 0. The zero-order valence-corrected chi connectivity index (χ0v) is 12.1. The van der Waals surface area contributed by atoms with E-state index in [0.29, 0.717) is 0 Å². The summed E-state index contributed by atoms with van der Waals surface area (Å²) in [6.45, 7) is 4.53. The number of carboxylic acids is 1. The van der Waals surface area contributed by atoms with Crippen molar-refractivity contribution in [2.24, 2.45) is 5.92 Å². The van der Waals surface area contributed by atoms with Gasteiger partial charge in [0.15, 0.2) is 0 Å². The van der Waals surface area contributed by atoms with Crippen molar-refractivity contribution >= 4 is 12.0 Å². The van der Waals surface area contributed by atoms with E-state index in [0.717, 1.165) is 12.8 Å². The van der Waals surface area contributed by atoms with Crippen LogP contribution >= 0.6 is 0 Å². The average Bonchev–Trinajstić information content (AvgIpc) is 2.85. The normalized spacial score (nSPS) is 24.0. The summed E-state index contributed by atoms with van der Waals surface area (Å²) in [5, 5.41) is 9.11. The fourth-order valence-electron chi connectivity index (χ4n) is 2.35. The Kier molecular flexibility index (Phi) is 5.60. The van der Waals surface area contributed by atoms with Crippen LogP contribution in [0.5, 0.6) is 0 Å². The molecule has 1 fully saturated rings. The molecule has 110 valence electrons. The van der Waals surface area contributed by atoms with Crippen LogP contribution in [0, 0.1) is 5.92 Å². The molecule has 1 aliphatic heterocycles. The van der Waals surface area contributed by atoms with E-state index in [2.05, 4.69) is 6.92 Å². The Bertz CT molecular complexity index is 335. The Morgan fingerprint density at radius 1 is 1.37 bits per heavy atom. The minimum atomic E-state index is -0.911. The third-order valence-electron chi connectivity index (χ3n) is 3.84. The zero-order chi connectivity index (χ0) is 14.6. The number of nitrogens with zero attached hydrogens (tertiary/aromatic N) is 2. The second kappa shape index (κ2) is 6.75. The van der Waals surface area contributed by atoms with Crippen molar-refractivity contribution in [3.05, 3.63) is 0 Å². The van der Waals surface area contributed by atoms with E-state index in [9.17, 15) is 9.59 Å². The monoisotopic (exact) mass is 272 g/mol. The van der Waals surface area contributed by atoms with Gasteiger partial charge in [0, 0.05) is 20.1 Å². The molecule has 6 nitrogen and oxygen atoms in total. The van der Waals surface area contributed by atoms with Gasteiger partial charge >= 0.3 is 12.0 Å². The summed E-state index contributed by atoms with van der Waals surface area (Å²) in [6, 6.07) is -0.394. The number of carbonyl (C=O) groups excluding carboxylic acids is 1. The fraction of sp³-hybridized carbons (Fsp3) is 0.846. The molecule has 0 aromatic heterocycles. The molecule has 6 heteroatoms. The van der Waals surface area contributed by atoms with Gasteiger partial charge in [-0.25, -0.2) is 4.79 Å². The summed E-state index contributed by atoms with van der Waals surface area (Å²) in [5.41, 5.74) is 0. The fourth-order valence-corrected chi connectivity index (χ4v) is 2.35. The average molecular weight is 272 g/mol. The molecule has 1 rings (SSSR count). The minimum Gasteiger partial charge on any atom is -0.481 e. The molecule has 0 aliphatic carbocycles. The highest BCUT2D eigenvalue weighted by atomic mass is 16.5. The second-order valence-corrected chi connectivity index (χ2v) is 5.19. The molecule has 0 saturated carbocycles. The molecular weight excluding hydrogens is 248 g/mol. The van der Waals surface area contributed by atoms with Crippen LogP contribution < -0.4 is 0 Å². The first kappa shape index (κ1) is 15.8. The molecule has 1 aliphatic rings. The van der Waals surface area contributed by atoms with E-state index >= 15 is 0 Å². The second-order valence-electron chi connectivity index (χ2n) is 5.19. The molecule has 0 aromatic carbocycles. The van der Waals surface area contributed by atoms with E-state index in [1.807, 2.05) is 6.92 Å². The van der Waals surface area contributed by atoms with Crippen LogP contribution in [0.3, 0.4) is 0 Å². The number of likely N-dealkylation sites (N-methyl/N-ethyl adjacent to an activating group) is 1. The van der Waals surface area contributed by atoms with E-state index < -0.39 is 11.9 Å². The standard InChI is InChI=1S/C13H24N2O4/c1-5-6-9(2)14(3)13(18)15(4)11-8-19-7-10(11)12(16)17/h9-11H,5-8H2,1-4H3,(H,16,17). The maximum absolute atomic E-state index is 12.3. The van der Waals surface area contributed by atoms with E-state index in [-0.39, 0.29) is 31.3 Å². The highest BCUT2D eigenvalue weighted by Gasteiger charge is 2.39. The van der Waals surface area contributed by atoms with E-state index in [4.69, 9.17) is 9.84 Å². The first-order chi connectivity index (χ1) is 8.90. The molecule has 1 heterocycles. The lowest BCUT2D eigenvalue weighted by molar-refractivity contribution is -0.142.